The van der Waals surface area contributed by atoms with Crippen LogP contribution in [0.25, 0.3) is 0 Å². The molecule has 0 spiro atoms. The van der Waals surface area contributed by atoms with Gasteiger partial charge in [-0.05, 0) is 18.9 Å². The summed E-state index contributed by atoms with van der Waals surface area (Å²) in [4.78, 5) is 26.5. The number of nitrogens with one attached hydrogen (secondary N) is 1. The third-order valence-corrected chi connectivity index (χ3v) is 6.02. The Balaban J connectivity index is 1.31. The number of carbonyl (C=O) groups is 2. The fourth-order valence-electron chi connectivity index (χ4n) is 3.33. The Labute approximate surface area is 160 Å². The van der Waals surface area contributed by atoms with Crippen LogP contribution in [-0.2, 0) is 27.5 Å². The molecule has 2 fully saturated rings. The molecule has 144 valence electrons. The monoisotopic (exact) mass is 390 g/mol. The summed E-state index contributed by atoms with van der Waals surface area (Å²) in [5.74, 6) is -0.514. The van der Waals surface area contributed by atoms with E-state index in [0.29, 0.717) is 29.8 Å². The molecule has 27 heavy (non-hydrogen) atoms. The average molecular weight is 390 g/mol. The molecule has 1 aliphatic carbocycles. The minimum atomic E-state index is -0.354. The van der Waals surface area contributed by atoms with Crippen LogP contribution in [0.2, 0.25) is 0 Å². The van der Waals surface area contributed by atoms with E-state index in [2.05, 4.69) is 20.6 Å². The molecule has 1 saturated carbocycles. The number of rotatable bonds is 8. The molecular formula is C17H22N6O3S. The summed E-state index contributed by atoms with van der Waals surface area (Å²) in [6.07, 6.45) is 6.07. The van der Waals surface area contributed by atoms with Crippen LogP contribution in [0.15, 0.2) is 18.5 Å². The van der Waals surface area contributed by atoms with Crippen molar-refractivity contribution >= 4 is 28.3 Å². The number of nitrogens with zero attached hydrogens (tertiary/aromatic N) is 5. The van der Waals surface area contributed by atoms with Gasteiger partial charge in [0.2, 0.25) is 16.9 Å². The molecule has 0 aromatic carbocycles. The lowest BCUT2D eigenvalue weighted by Crippen LogP contribution is -2.37. The summed E-state index contributed by atoms with van der Waals surface area (Å²) in [6, 6.07) is 1.90. The number of anilines is 1. The number of hydrogen-bond acceptors (Lipinski definition) is 7. The Morgan fingerprint density at radius 3 is 3.00 bits per heavy atom. The smallest absolute Gasteiger partial charge is 0.229 e. The van der Waals surface area contributed by atoms with Crippen LogP contribution in [0.3, 0.4) is 0 Å². The normalized spacial score (nSPS) is 20.9. The second-order valence-corrected chi connectivity index (χ2v) is 8.28. The van der Waals surface area contributed by atoms with E-state index in [9.17, 15) is 9.59 Å². The first kappa shape index (κ1) is 18.1. The molecule has 4 rings (SSSR count). The maximum atomic E-state index is 12.6. The van der Waals surface area contributed by atoms with Gasteiger partial charge >= 0.3 is 0 Å². The molecule has 2 amide bonds. The molecule has 0 radical (unpaired) electrons. The Kier molecular flexibility index (Phi) is 4.92. The second-order valence-electron chi connectivity index (χ2n) is 7.24. The first-order valence-electron chi connectivity index (χ1n) is 8.95. The summed E-state index contributed by atoms with van der Waals surface area (Å²) in [6.45, 7) is 2.14. The van der Waals surface area contributed by atoms with Crippen LogP contribution >= 0.6 is 11.3 Å². The zero-order chi connectivity index (χ0) is 18.9. The van der Waals surface area contributed by atoms with Crippen molar-refractivity contribution in [3.8, 4) is 0 Å². The largest absolute Gasteiger partial charge is 0.377 e. The third-order valence-electron chi connectivity index (χ3n) is 5.10. The number of carbonyl (C=O) groups excluding carboxylic acids is 2. The molecule has 1 N–H and O–H groups in total. The van der Waals surface area contributed by atoms with Gasteiger partial charge in [0.25, 0.3) is 0 Å². The SMILES string of the molecule is COCc1nnc(N2CC(C(=O)NCC3(Cn4cccn4)CC3)CC2=O)s1. The Morgan fingerprint density at radius 2 is 2.30 bits per heavy atom. The van der Waals surface area contributed by atoms with Gasteiger partial charge in [-0.1, -0.05) is 11.3 Å². The van der Waals surface area contributed by atoms with Gasteiger partial charge in [-0.3, -0.25) is 19.2 Å². The van der Waals surface area contributed by atoms with Crippen molar-refractivity contribution in [2.24, 2.45) is 11.3 Å². The molecule has 1 unspecified atom stereocenters. The van der Waals surface area contributed by atoms with Gasteiger partial charge in [0.05, 0.1) is 5.92 Å². The first-order chi connectivity index (χ1) is 13.1. The van der Waals surface area contributed by atoms with E-state index in [1.54, 1.807) is 18.2 Å². The summed E-state index contributed by atoms with van der Waals surface area (Å²) in [5.41, 5.74) is 0.0955. The van der Waals surface area contributed by atoms with Crippen LogP contribution in [0.5, 0.6) is 0 Å². The van der Waals surface area contributed by atoms with Crippen molar-refractivity contribution in [3.63, 3.8) is 0 Å². The van der Waals surface area contributed by atoms with Crippen molar-refractivity contribution in [2.75, 3.05) is 25.1 Å². The Hall–Kier alpha value is -2.33. The van der Waals surface area contributed by atoms with Crippen molar-refractivity contribution in [1.29, 1.82) is 0 Å². The van der Waals surface area contributed by atoms with Crippen molar-refractivity contribution in [3.05, 3.63) is 23.5 Å². The molecule has 1 saturated heterocycles. The van der Waals surface area contributed by atoms with Crippen molar-refractivity contribution in [2.45, 2.75) is 32.4 Å². The number of methoxy groups -OCH3 is 1. The molecule has 10 heteroatoms. The zero-order valence-corrected chi connectivity index (χ0v) is 15.9. The van der Waals surface area contributed by atoms with Crippen LogP contribution in [0.4, 0.5) is 5.13 Å². The van der Waals surface area contributed by atoms with E-state index < -0.39 is 0 Å². The lowest BCUT2D eigenvalue weighted by atomic mass is 10.1. The summed E-state index contributed by atoms with van der Waals surface area (Å²) < 4.78 is 6.94. The van der Waals surface area contributed by atoms with Gasteiger partial charge in [0.1, 0.15) is 11.6 Å². The highest BCUT2D eigenvalue weighted by molar-refractivity contribution is 7.15. The minimum absolute atomic E-state index is 0.0702. The number of hydrogen-bond donors (Lipinski definition) is 1. The predicted octanol–water partition coefficient (Wildman–Crippen LogP) is 0.830. The van der Waals surface area contributed by atoms with Crippen LogP contribution < -0.4 is 10.2 Å². The fourth-order valence-corrected chi connectivity index (χ4v) is 4.17. The number of ether oxygens (including phenoxy) is 1. The average Bonchev–Trinajstić information content (AvgIpc) is 3.04. The molecular weight excluding hydrogens is 368 g/mol. The van der Waals surface area contributed by atoms with E-state index in [4.69, 9.17) is 4.74 Å². The summed E-state index contributed by atoms with van der Waals surface area (Å²) >= 11 is 1.32. The van der Waals surface area contributed by atoms with E-state index in [0.717, 1.165) is 19.4 Å². The first-order valence-corrected chi connectivity index (χ1v) is 9.77. The summed E-state index contributed by atoms with van der Waals surface area (Å²) in [7, 11) is 1.58. The Bertz CT molecular complexity index is 817. The van der Waals surface area contributed by atoms with E-state index in [1.807, 2.05) is 16.9 Å². The second kappa shape index (κ2) is 7.35. The molecule has 0 bridgehead atoms. The molecule has 2 aromatic heterocycles. The minimum Gasteiger partial charge on any atom is -0.377 e. The molecule has 9 nitrogen and oxygen atoms in total. The van der Waals surface area contributed by atoms with E-state index >= 15 is 0 Å². The molecule has 2 aromatic rings. The standard InChI is InChI=1S/C17H22N6O3S/c1-26-9-13-20-21-16(27-13)23-8-12(7-14(23)24)15(25)18-10-17(3-4-17)11-22-6-2-5-19-22/h2,5-6,12H,3-4,7-11H2,1H3,(H,18,25). The molecule has 1 atom stereocenters. The Morgan fingerprint density at radius 1 is 1.44 bits per heavy atom. The quantitative estimate of drug-likeness (QED) is 0.716. The van der Waals surface area contributed by atoms with Gasteiger partial charge in [0.15, 0.2) is 0 Å². The topological polar surface area (TPSA) is 102 Å². The van der Waals surface area contributed by atoms with E-state index in [-0.39, 0.29) is 29.6 Å². The zero-order valence-electron chi connectivity index (χ0n) is 15.1. The van der Waals surface area contributed by atoms with Gasteiger partial charge in [-0.2, -0.15) is 5.10 Å². The van der Waals surface area contributed by atoms with Crippen molar-refractivity contribution < 1.29 is 14.3 Å². The van der Waals surface area contributed by atoms with Crippen LogP contribution in [0, 0.1) is 11.3 Å². The lowest BCUT2D eigenvalue weighted by molar-refractivity contribution is -0.126. The highest BCUT2D eigenvalue weighted by Crippen LogP contribution is 2.46. The number of amides is 2. The van der Waals surface area contributed by atoms with Crippen LogP contribution in [0.1, 0.15) is 24.3 Å². The number of aromatic nitrogens is 4. The molecule has 3 heterocycles. The maximum absolute atomic E-state index is 12.6. The van der Waals surface area contributed by atoms with Gasteiger partial charge in [-0.15, -0.1) is 10.2 Å². The van der Waals surface area contributed by atoms with Crippen LogP contribution in [-0.4, -0.2) is 52.0 Å². The van der Waals surface area contributed by atoms with E-state index in [1.165, 1.54) is 11.3 Å². The lowest BCUT2D eigenvalue weighted by Gasteiger charge is -2.18. The van der Waals surface area contributed by atoms with Gasteiger partial charge in [-0.25, -0.2) is 0 Å². The van der Waals surface area contributed by atoms with Gasteiger partial charge in [0, 0.05) is 51.0 Å². The highest BCUT2D eigenvalue weighted by Gasteiger charge is 2.44. The third kappa shape index (κ3) is 4.01. The fraction of sp³-hybridized carbons (Fsp3) is 0.588. The summed E-state index contributed by atoms with van der Waals surface area (Å²) in [5, 5.41) is 16.6. The maximum Gasteiger partial charge on any atom is 0.229 e. The van der Waals surface area contributed by atoms with Crippen molar-refractivity contribution in [1.82, 2.24) is 25.3 Å². The highest BCUT2D eigenvalue weighted by atomic mass is 32.1. The van der Waals surface area contributed by atoms with Gasteiger partial charge < -0.3 is 10.1 Å². The molecule has 2 aliphatic rings. The molecule has 1 aliphatic heterocycles. The predicted molar refractivity (Wildman–Crippen MR) is 98.0 cm³/mol.